The Morgan fingerprint density at radius 2 is 2.33 bits per heavy atom. The molecule has 0 N–H and O–H groups in total. The highest BCUT2D eigenvalue weighted by Gasteiger charge is 2.09. The van der Waals surface area contributed by atoms with Crippen molar-refractivity contribution >= 4 is 11.9 Å². The number of fused-ring (bicyclic) bond motifs is 1. The van der Waals surface area contributed by atoms with Gasteiger partial charge in [0.25, 0.3) is 0 Å². The van der Waals surface area contributed by atoms with Crippen molar-refractivity contribution in [1.82, 2.24) is 0 Å². The average Bonchev–Trinajstić information content (AvgIpc) is 2.17. The number of nitroso groups, excluding NO2 is 1. The first kappa shape index (κ1) is 7.16. The van der Waals surface area contributed by atoms with Crippen molar-refractivity contribution in [3.05, 3.63) is 34.2 Å². The fraction of sp³-hybridized carbons (Fsp3) is 0.222. The maximum Gasteiger partial charge on any atom is 0.113 e. The fourth-order valence-electron chi connectivity index (χ4n) is 1.40. The molecule has 0 aliphatic carbocycles. The molecule has 0 saturated heterocycles. The molecule has 2 rings (SSSR count). The lowest BCUT2D eigenvalue weighted by Gasteiger charge is -2.10. The molecule has 0 unspecified atom stereocenters. The SMILES string of the molecule is O=Nc1cccc2c1CN=CC2. The molecule has 3 heteroatoms. The van der Waals surface area contributed by atoms with E-state index in [2.05, 4.69) is 10.2 Å². The lowest BCUT2D eigenvalue weighted by atomic mass is 10.0. The van der Waals surface area contributed by atoms with Crippen LogP contribution in [0.25, 0.3) is 0 Å². The zero-order chi connectivity index (χ0) is 8.39. The third-order valence-corrected chi connectivity index (χ3v) is 2.04. The van der Waals surface area contributed by atoms with Gasteiger partial charge in [-0.15, -0.1) is 4.91 Å². The average molecular weight is 160 g/mol. The van der Waals surface area contributed by atoms with E-state index in [0.717, 1.165) is 12.0 Å². The van der Waals surface area contributed by atoms with Gasteiger partial charge in [-0.2, -0.15) is 0 Å². The lowest BCUT2D eigenvalue weighted by molar-refractivity contribution is 1.00. The molecule has 0 bridgehead atoms. The molecule has 0 spiro atoms. The molecule has 0 fully saturated rings. The summed E-state index contributed by atoms with van der Waals surface area (Å²) < 4.78 is 0. The summed E-state index contributed by atoms with van der Waals surface area (Å²) in [5, 5.41) is 2.96. The van der Waals surface area contributed by atoms with Gasteiger partial charge in [-0.05, 0) is 16.8 Å². The van der Waals surface area contributed by atoms with Gasteiger partial charge in [0.1, 0.15) is 5.69 Å². The Morgan fingerprint density at radius 3 is 3.17 bits per heavy atom. The molecule has 0 aromatic heterocycles. The van der Waals surface area contributed by atoms with E-state index in [0.29, 0.717) is 12.2 Å². The van der Waals surface area contributed by atoms with Crippen LogP contribution in [0.3, 0.4) is 0 Å². The number of aliphatic imine (C=N–C) groups is 1. The van der Waals surface area contributed by atoms with Gasteiger partial charge in [0, 0.05) is 18.2 Å². The van der Waals surface area contributed by atoms with Crippen molar-refractivity contribution in [3.63, 3.8) is 0 Å². The van der Waals surface area contributed by atoms with Gasteiger partial charge in [-0.1, -0.05) is 12.1 Å². The van der Waals surface area contributed by atoms with Crippen LogP contribution in [0.5, 0.6) is 0 Å². The lowest BCUT2D eigenvalue weighted by Crippen LogP contribution is -2.00. The molecule has 1 aliphatic heterocycles. The second-order valence-electron chi connectivity index (χ2n) is 2.73. The molecule has 1 heterocycles. The van der Waals surface area contributed by atoms with Gasteiger partial charge >= 0.3 is 0 Å². The van der Waals surface area contributed by atoms with Crippen LogP contribution in [-0.2, 0) is 13.0 Å². The van der Waals surface area contributed by atoms with Crippen LogP contribution in [0.4, 0.5) is 5.69 Å². The van der Waals surface area contributed by atoms with Crippen molar-refractivity contribution < 1.29 is 0 Å². The summed E-state index contributed by atoms with van der Waals surface area (Å²) in [6, 6.07) is 5.59. The minimum atomic E-state index is 0.532. The smallest absolute Gasteiger partial charge is 0.113 e. The van der Waals surface area contributed by atoms with Crippen molar-refractivity contribution in [2.45, 2.75) is 13.0 Å². The topological polar surface area (TPSA) is 41.8 Å². The Bertz CT molecular complexity index is 344. The van der Waals surface area contributed by atoms with Gasteiger partial charge in [0.05, 0.1) is 6.54 Å². The first-order chi connectivity index (χ1) is 5.92. The Balaban J connectivity index is 2.55. The summed E-state index contributed by atoms with van der Waals surface area (Å²) in [4.78, 5) is 14.5. The maximum atomic E-state index is 10.4. The van der Waals surface area contributed by atoms with Crippen LogP contribution in [0.15, 0.2) is 28.4 Å². The third-order valence-electron chi connectivity index (χ3n) is 2.04. The zero-order valence-corrected chi connectivity index (χ0v) is 6.53. The van der Waals surface area contributed by atoms with Crippen molar-refractivity contribution in [1.29, 1.82) is 0 Å². The van der Waals surface area contributed by atoms with Gasteiger partial charge in [-0.25, -0.2) is 0 Å². The minimum absolute atomic E-state index is 0.532. The summed E-state index contributed by atoms with van der Waals surface area (Å²) in [5.74, 6) is 0. The van der Waals surface area contributed by atoms with Gasteiger partial charge in [0.2, 0.25) is 0 Å². The molecular weight excluding hydrogens is 152 g/mol. The van der Waals surface area contributed by atoms with E-state index >= 15 is 0 Å². The van der Waals surface area contributed by atoms with E-state index in [4.69, 9.17) is 0 Å². The summed E-state index contributed by atoms with van der Waals surface area (Å²) in [7, 11) is 0. The molecule has 0 atom stereocenters. The van der Waals surface area contributed by atoms with Crippen LogP contribution >= 0.6 is 0 Å². The number of benzene rings is 1. The monoisotopic (exact) mass is 160 g/mol. The molecule has 12 heavy (non-hydrogen) atoms. The standard InChI is InChI=1S/C9H8N2O/c12-11-9-3-1-2-7-4-5-10-6-8(7)9/h1-3,5H,4,6H2. The molecule has 0 amide bonds. The molecule has 60 valence electrons. The zero-order valence-electron chi connectivity index (χ0n) is 6.53. The van der Waals surface area contributed by atoms with E-state index in [1.165, 1.54) is 5.56 Å². The van der Waals surface area contributed by atoms with Crippen molar-refractivity contribution in [2.75, 3.05) is 0 Å². The van der Waals surface area contributed by atoms with Crippen LogP contribution in [0, 0.1) is 4.91 Å². The first-order valence-electron chi connectivity index (χ1n) is 3.84. The van der Waals surface area contributed by atoms with E-state index < -0.39 is 0 Å². The summed E-state index contributed by atoms with van der Waals surface area (Å²) in [6.45, 7) is 0.594. The van der Waals surface area contributed by atoms with Crippen LogP contribution in [0.1, 0.15) is 11.1 Å². The Hall–Kier alpha value is -1.51. The van der Waals surface area contributed by atoms with Gasteiger partial charge in [0.15, 0.2) is 0 Å². The van der Waals surface area contributed by atoms with Crippen LogP contribution in [-0.4, -0.2) is 6.21 Å². The Kier molecular flexibility index (Phi) is 1.70. The maximum absolute atomic E-state index is 10.4. The van der Waals surface area contributed by atoms with Crippen molar-refractivity contribution in [2.24, 2.45) is 10.2 Å². The number of hydrogen-bond donors (Lipinski definition) is 0. The highest BCUT2D eigenvalue weighted by Crippen LogP contribution is 2.25. The predicted molar refractivity (Wildman–Crippen MR) is 47.8 cm³/mol. The molecular formula is C9H8N2O. The quantitative estimate of drug-likeness (QED) is 0.580. The highest BCUT2D eigenvalue weighted by molar-refractivity contribution is 5.67. The van der Waals surface area contributed by atoms with E-state index in [1.54, 1.807) is 6.07 Å². The van der Waals surface area contributed by atoms with Gasteiger partial charge in [-0.3, -0.25) is 4.99 Å². The first-order valence-corrected chi connectivity index (χ1v) is 3.84. The number of rotatable bonds is 1. The minimum Gasteiger partial charge on any atom is -0.292 e. The highest BCUT2D eigenvalue weighted by atomic mass is 16.3. The molecule has 0 saturated carbocycles. The summed E-state index contributed by atoms with van der Waals surface area (Å²) >= 11 is 0. The normalized spacial score (nSPS) is 14.0. The predicted octanol–water partition coefficient (Wildman–Crippen LogP) is 2.21. The summed E-state index contributed by atoms with van der Waals surface area (Å²) in [5.41, 5.74) is 2.68. The van der Waals surface area contributed by atoms with E-state index in [1.807, 2.05) is 18.3 Å². The Labute approximate surface area is 70.1 Å². The van der Waals surface area contributed by atoms with Crippen molar-refractivity contribution in [3.8, 4) is 0 Å². The molecule has 1 aromatic carbocycles. The number of nitrogens with zero attached hydrogens (tertiary/aromatic N) is 2. The summed E-state index contributed by atoms with van der Waals surface area (Å²) in [6.07, 6.45) is 2.69. The molecule has 3 nitrogen and oxygen atoms in total. The molecule has 1 aromatic rings. The largest absolute Gasteiger partial charge is 0.292 e. The van der Waals surface area contributed by atoms with E-state index in [9.17, 15) is 4.91 Å². The fourth-order valence-corrected chi connectivity index (χ4v) is 1.40. The van der Waals surface area contributed by atoms with Crippen LogP contribution in [0.2, 0.25) is 0 Å². The van der Waals surface area contributed by atoms with Crippen LogP contribution < -0.4 is 0 Å². The molecule has 0 radical (unpaired) electrons. The second kappa shape index (κ2) is 2.85. The molecule has 1 aliphatic rings. The number of hydrogen-bond acceptors (Lipinski definition) is 3. The van der Waals surface area contributed by atoms with Gasteiger partial charge < -0.3 is 0 Å². The second-order valence-corrected chi connectivity index (χ2v) is 2.73. The van der Waals surface area contributed by atoms with E-state index in [-0.39, 0.29) is 0 Å². The third kappa shape index (κ3) is 1.03. The Morgan fingerprint density at radius 1 is 1.42 bits per heavy atom.